The quantitative estimate of drug-likeness (QED) is 0.802. The normalized spacial score (nSPS) is 23.4. The van der Waals surface area contributed by atoms with Crippen LogP contribution in [0.2, 0.25) is 0 Å². The van der Waals surface area contributed by atoms with E-state index in [1.54, 1.807) is 0 Å². The van der Waals surface area contributed by atoms with Gasteiger partial charge in [0.1, 0.15) is 0 Å². The first-order valence-electron chi connectivity index (χ1n) is 6.29. The molecule has 0 aliphatic carbocycles. The van der Waals surface area contributed by atoms with Gasteiger partial charge < -0.3 is 5.32 Å². The fraction of sp³-hybridized carbons (Fsp3) is 0.500. The molecular weight excluding hydrogens is 212 g/mol. The molecular formula is C14H20N2O. The summed E-state index contributed by atoms with van der Waals surface area (Å²) in [5.74, 6) is 0.187. The van der Waals surface area contributed by atoms with Crippen LogP contribution >= 0.6 is 0 Å². The minimum atomic E-state index is 0.187. The van der Waals surface area contributed by atoms with Crippen molar-refractivity contribution in [2.75, 3.05) is 20.1 Å². The number of likely N-dealkylation sites (N-methyl/N-ethyl adjacent to an activating group) is 1. The summed E-state index contributed by atoms with van der Waals surface area (Å²) in [6.07, 6.45) is 2.65. The molecule has 0 bridgehead atoms. The average molecular weight is 232 g/mol. The molecule has 1 aromatic rings. The smallest absolute Gasteiger partial charge is 0.220 e. The van der Waals surface area contributed by atoms with E-state index in [-0.39, 0.29) is 5.91 Å². The molecule has 1 amide bonds. The third-order valence-corrected chi connectivity index (χ3v) is 3.38. The summed E-state index contributed by atoms with van der Waals surface area (Å²) in [5, 5.41) is 2.95. The van der Waals surface area contributed by atoms with Crippen molar-refractivity contribution in [2.24, 2.45) is 0 Å². The van der Waals surface area contributed by atoms with E-state index in [0.29, 0.717) is 12.5 Å². The summed E-state index contributed by atoms with van der Waals surface area (Å²) >= 11 is 0. The summed E-state index contributed by atoms with van der Waals surface area (Å²) in [7, 11) is 2.13. The Balaban J connectivity index is 2.10. The lowest BCUT2D eigenvalue weighted by Crippen LogP contribution is -2.33. The third-order valence-electron chi connectivity index (χ3n) is 3.38. The first kappa shape index (κ1) is 12.1. The van der Waals surface area contributed by atoms with Crippen molar-refractivity contribution in [3.63, 3.8) is 0 Å². The maximum Gasteiger partial charge on any atom is 0.220 e. The van der Waals surface area contributed by atoms with Crippen LogP contribution in [0.4, 0.5) is 0 Å². The summed E-state index contributed by atoms with van der Waals surface area (Å²) in [4.78, 5) is 13.7. The second-order valence-electron chi connectivity index (χ2n) is 4.65. The Labute approximate surface area is 103 Å². The van der Waals surface area contributed by atoms with E-state index in [4.69, 9.17) is 0 Å². The molecule has 1 unspecified atom stereocenters. The lowest BCUT2D eigenvalue weighted by Gasteiger charge is -2.27. The molecule has 1 aromatic carbocycles. The van der Waals surface area contributed by atoms with Gasteiger partial charge in [0.25, 0.3) is 0 Å². The molecule has 3 nitrogen and oxygen atoms in total. The fourth-order valence-corrected chi connectivity index (χ4v) is 2.39. The van der Waals surface area contributed by atoms with Gasteiger partial charge in [-0.15, -0.1) is 0 Å². The second-order valence-corrected chi connectivity index (χ2v) is 4.65. The minimum Gasteiger partial charge on any atom is -0.355 e. The van der Waals surface area contributed by atoms with Crippen LogP contribution in [0.1, 0.15) is 30.9 Å². The van der Waals surface area contributed by atoms with Crippen molar-refractivity contribution in [1.29, 1.82) is 0 Å². The first-order valence-corrected chi connectivity index (χ1v) is 6.29. The van der Waals surface area contributed by atoms with Crippen LogP contribution < -0.4 is 5.32 Å². The molecule has 2 rings (SSSR count). The Morgan fingerprint density at radius 2 is 2.06 bits per heavy atom. The lowest BCUT2D eigenvalue weighted by molar-refractivity contribution is -0.121. The zero-order chi connectivity index (χ0) is 12.1. The molecule has 0 radical (unpaired) electrons. The van der Waals surface area contributed by atoms with E-state index in [2.05, 4.69) is 41.5 Å². The predicted molar refractivity (Wildman–Crippen MR) is 68.7 cm³/mol. The third kappa shape index (κ3) is 3.30. The van der Waals surface area contributed by atoms with Gasteiger partial charge >= 0.3 is 0 Å². The number of hydrogen-bond donors (Lipinski definition) is 1. The zero-order valence-electron chi connectivity index (χ0n) is 10.4. The average Bonchev–Trinajstić information content (AvgIpc) is 2.42. The summed E-state index contributed by atoms with van der Waals surface area (Å²) in [6.45, 7) is 1.66. The van der Waals surface area contributed by atoms with E-state index in [1.165, 1.54) is 5.56 Å². The minimum absolute atomic E-state index is 0.187. The molecule has 1 saturated heterocycles. The highest BCUT2D eigenvalue weighted by atomic mass is 16.1. The largest absolute Gasteiger partial charge is 0.355 e. The Morgan fingerprint density at radius 3 is 2.82 bits per heavy atom. The number of carbonyl (C=O) groups is 1. The molecule has 0 spiro atoms. The van der Waals surface area contributed by atoms with Gasteiger partial charge in [0.05, 0.1) is 0 Å². The van der Waals surface area contributed by atoms with Crippen molar-refractivity contribution >= 4 is 5.91 Å². The van der Waals surface area contributed by atoms with Gasteiger partial charge in [0, 0.05) is 25.6 Å². The molecule has 1 N–H and O–H groups in total. The Bertz CT molecular complexity index is 364. The van der Waals surface area contributed by atoms with Crippen LogP contribution in [0.3, 0.4) is 0 Å². The first-order chi connectivity index (χ1) is 8.27. The van der Waals surface area contributed by atoms with Crippen LogP contribution in [-0.4, -0.2) is 30.9 Å². The van der Waals surface area contributed by atoms with Crippen LogP contribution in [-0.2, 0) is 4.79 Å². The topological polar surface area (TPSA) is 32.3 Å². The molecule has 0 saturated carbocycles. The number of amides is 1. The molecule has 0 aromatic heterocycles. The van der Waals surface area contributed by atoms with Gasteiger partial charge in [0.2, 0.25) is 5.91 Å². The molecule has 1 fully saturated rings. The highest BCUT2D eigenvalue weighted by molar-refractivity contribution is 5.75. The van der Waals surface area contributed by atoms with Crippen molar-refractivity contribution in [3.8, 4) is 0 Å². The van der Waals surface area contributed by atoms with Crippen LogP contribution in [0.25, 0.3) is 0 Å². The SMILES string of the molecule is CN1CCNC(=O)CCCC1c1ccccc1. The van der Waals surface area contributed by atoms with E-state index >= 15 is 0 Å². The zero-order valence-corrected chi connectivity index (χ0v) is 10.4. The monoisotopic (exact) mass is 232 g/mol. The molecule has 1 heterocycles. The number of hydrogen-bond acceptors (Lipinski definition) is 2. The molecule has 1 atom stereocenters. The Kier molecular flexibility index (Phi) is 4.15. The number of nitrogens with one attached hydrogen (secondary N) is 1. The highest BCUT2D eigenvalue weighted by Gasteiger charge is 2.18. The maximum absolute atomic E-state index is 11.4. The fourth-order valence-electron chi connectivity index (χ4n) is 2.39. The molecule has 92 valence electrons. The van der Waals surface area contributed by atoms with Crippen molar-refractivity contribution in [1.82, 2.24) is 10.2 Å². The maximum atomic E-state index is 11.4. The number of nitrogens with zero attached hydrogens (tertiary/aromatic N) is 1. The van der Waals surface area contributed by atoms with Crippen molar-refractivity contribution in [3.05, 3.63) is 35.9 Å². The Morgan fingerprint density at radius 1 is 1.29 bits per heavy atom. The molecule has 1 aliphatic rings. The van der Waals surface area contributed by atoms with E-state index in [0.717, 1.165) is 25.9 Å². The summed E-state index contributed by atoms with van der Waals surface area (Å²) in [6, 6.07) is 11.0. The van der Waals surface area contributed by atoms with Crippen LogP contribution in [0.15, 0.2) is 30.3 Å². The molecule has 3 heteroatoms. The van der Waals surface area contributed by atoms with Crippen LogP contribution in [0, 0.1) is 0 Å². The number of benzene rings is 1. The van der Waals surface area contributed by atoms with Gasteiger partial charge in [-0.3, -0.25) is 9.69 Å². The lowest BCUT2D eigenvalue weighted by atomic mass is 10.00. The summed E-state index contributed by atoms with van der Waals surface area (Å²) in [5.41, 5.74) is 1.35. The van der Waals surface area contributed by atoms with E-state index in [1.807, 2.05) is 6.07 Å². The van der Waals surface area contributed by atoms with Gasteiger partial charge in [-0.1, -0.05) is 30.3 Å². The van der Waals surface area contributed by atoms with Crippen molar-refractivity contribution < 1.29 is 4.79 Å². The number of carbonyl (C=O) groups excluding carboxylic acids is 1. The molecule has 1 aliphatic heterocycles. The standard InChI is InChI=1S/C14H20N2O/c1-16-11-10-15-14(17)9-5-8-13(16)12-6-3-2-4-7-12/h2-4,6-7,13H,5,8-11H2,1H3,(H,15,17). The predicted octanol–water partition coefficient (Wildman–Crippen LogP) is 1.96. The summed E-state index contributed by atoms with van der Waals surface area (Å²) < 4.78 is 0. The van der Waals surface area contributed by atoms with Crippen LogP contribution in [0.5, 0.6) is 0 Å². The van der Waals surface area contributed by atoms with E-state index in [9.17, 15) is 4.79 Å². The Hall–Kier alpha value is -1.35. The van der Waals surface area contributed by atoms with Gasteiger partial charge in [-0.2, -0.15) is 0 Å². The van der Waals surface area contributed by atoms with Crippen molar-refractivity contribution in [2.45, 2.75) is 25.3 Å². The van der Waals surface area contributed by atoms with E-state index < -0.39 is 0 Å². The van der Waals surface area contributed by atoms with Gasteiger partial charge in [-0.05, 0) is 25.5 Å². The highest BCUT2D eigenvalue weighted by Crippen LogP contribution is 2.25. The number of rotatable bonds is 1. The van der Waals surface area contributed by atoms with Gasteiger partial charge in [-0.25, -0.2) is 0 Å². The second kappa shape index (κ2) is 5.82. The molecule has 17 heavy (non-hydrogen) atoms. The van der Waals surface area contributed by atoms with Gasteiger partial charge in [0.15, 0.2) is 0 Å².